The Morgan fingerprint density at radius 1 is 1.35 bits per heavy atom. The van der Waals surface area contributed by atoms with Crippen LogP contribution in [0.5, 0.6) is 0 Å². The highest BCUT2D eigenvalue weighted by Gasteiger charge is 2.43. The highest BCUT2D eigenvalue weighted by Crippen LogP contribution is 2.36. The summed E-state index contributed by atoms with van der Waals surface area (Å²) in [6.07, 6.45) is 1.67. The first kappa shape index (κ1) is 11.2. The number of piperidine rings is 1. The van der Waals surface area contributed by atoms with Gasteiger partial charge < -0.3 is 9.84 Å². The first-order valence-corrected chi connectivity index (χ1v) is 6.40. The van der Waals surface area contributed by atoms with Gasteiger partial charge in [-0.25, -0.2) is 0 Å². The van der Waals surface area contributed by atoms with Gasteiger partial charge in [-0.3, -0.25) is 4.90 Å². The minimum absolute atomic E-state index is 0.170. The lowest BCUT2D eigenvalue weighted by atomic mass is 9.97. The fourth-order valence-corrected chi connectivity index (χ4v) is 3.08. The molecule has 2 heterocycles. The zero-order valence-corrected chi connectivity index (χ0v) is 10.1. The first-order chi connectivity index (χ1) is 8.25. The van der Waals surface area contributed by atoms with Crippen LogP contribution in [0, 0.1) is 0 Å². The summed E-state index contributed by atoms with van der Waals surface area (Å²) in [4.78, 5) is 2.38. The summed E-state index contributed by atoms with van der Waals surface area (Å²) in [5.41, 5.74) is 1.31. The van der Waals surface area contributed by atoms with E-state index in [0.717, 1.165) is 19.4 Å². The molecule has 3 heteroatoms. The summed E-state index contributed by atoms with van der Waals surface area (Å²) < 4.78 is 5.52. The molecule has 2 aliphatic heterocycles. The molecule has 3 nitrogen and oxygen atoms in total. The SMILES string of the molecule is C[C@H](c1ccccc1)N1CC[C@H]2C[C@@H]1C(O)O2. The third-order valence-electron chi connectivity index (χ3n) is 4.08. The molecule has 3 rings (SSSR count). The van der Waals surface area contributed by atoms with Crippen molar-refractivity contribution >= 4 is 0 Å². The van der Waals surface area contributed by atoms with Gasteiger partial charge in [0, 0.05) is 12.6 Å². The molecular weight excluding hydrogens is 214 g/mol. The quantitative estimate of drug-likeness (QED) is 0.847. The average Bonchev–Trinajstić information content (AvgIpc) is 2.66. The van der Waals surface area contributed by atoms with Crippen LogP contribution in [-0.2, 0) is 4.74 Å². The summed E-state index contributed by atoms with van der Waals surface area (Å²) in [6.45, 7) is 3.23. The molecule has 0 amide bonds. The Hall–Kier alpha value is -0.900. The maximum atomic E-state index is 9.90. The van der Waals surface area contributed by atoms with Gasteiger partial charge in [0.2, 0.25) is 0 Å². The van der Waals surface area contributed by atoms with Crippen LogP contribution in [0.3, 0.4) is 0 Å². The van der Waals surface area contributed by atoms with E-state index in [1.165, 1.54) is 5.56 Å². The molecule has 17 heavy (non-hydrogen) atoms. The maximum absolute atomic E-state index is 9.90. The molecule has 0 aromatic heterocycles. The van der Waals surface area contributed by atoms with Gasteiger partial charge >= 0.3 is 0 Å². The van der Waals surface area contributed by atoms with E-state index in [-0.39, 0.29) is 12.1 Å². The predicted molar refractivity (Wildman–Crippen MR) is 65.5 cm³/mol. The second kappa shape index (κ2) is 4.41. The second-order valence-corrected chi connectivity index (χ2v) is 5.06. The fourth-order valence-electron chi connectivity index (χ4n) is 3.08. The number of aliphatic hydroxyl groups excluding tert-OH is 1. The van der Waals surface area contributed by atoms with E-state index in [4.69, 9.17) is 4.74 Å². The molecule has 0 spiro atoms. The molecular formula is C14H19NO2. The van der Waals surface area contributed by atoms with Gasteiger partial charge in [-0.1, -0.05) is 30.3 Å². The zero-order chi connectivity index (χ0) is 11.8. The number of likely N-dealkylation sites (tertiary alicyclic amines) is 1. The Morgan fingerprint density at radius 3 is 2.88 bits per heavy atom. The Labute approximate surface area is 102 Å². The van der Waals surface area contributed by atoms with Crippen LogP contribution in [0.2, 0.25) is 0 Å². The molecule has 0 radical (unpaired) electrons. The van der Waals surface area contributed by atoms with Crippen LogP contribution < -0.4 is 0 Å². The van der Waals surface area contributed by atoms with Gasteiger partial charge in [-0.15, -0.1) is 0 Å². The van der Waals surface area contributed by atoms with Gasteiger partial charge in [0.15, 0.2) is 6.29 Å². The van der Waals surface area contributed by atoms with Crippen molar-refractivity contribution in [3.63, 3.8) is 0 Å². The number of ether oxygens (including phenoxy) is 1. The molecule has 92 valence electrons. The monoisotopic (exact) mass is 233 g/mol. The minimum Gasteiger partial charge on any atom is -0.367 e. The zero-order valence-electron chi connectivity index (χ0n) is 10.1. The highest BCUT2D eigenvalue weighted by molar-refractivity contribution is 5.19. The van der Waals surface area contributed by atoms with Gasteiger partial charge in [0.25, 0.3) is 0 Å². The van der Waals surface area contributed by atoms with Crippen LogP contribution in [0.25, 0.3) is 0 Å². The van der Waals surface area contributed by atoms with Gasteiger partial charge in [-0.05, 0) is 25.3 Å². The number of rotatable bonds is 2. The molecule has 1 aromatic carbocycles. The van der Waals surface area contributed by atoms with E-state index in [9.17, 15) is 5.11 Å². The van der Waals surface area contributed by atoms with E-state index in [1.54, 1.807) is 0 Å². The standard InChI is InChI=1S/C14H19NO2/c1-10(11-5-3-2-4-6-11)15-8-7-12-9-13(15)14(16)17-12/h2-6,10,12-14,16H,7-9H2,1H3/t10-,12+,13-,14?/m1/s1. The van der Waals surface area contributed by atoms with E-state index in [2.05, 4.69) is 36.1 Å². The number of hydrogen-bond donors (Lipinski definition) is 1. The van der Waals surface area contributed by atoms with E-state index < -0.39 is 6.29 Å². The molecule has 1 N–H and O–H groups in total. The molecule has 1 unspecified atom stereocenters. The van der Waals surface area contributed by atoms with Crippen molar-refractivity contribution < 1.29 is 9.84 Å². The summed E-state index contributed by atoms with van der Waals surface area (Å²) in [7, 11) is 0. The van der Waals surface area contributed by atoms with Gasteiger partial charge in [0.1, 0.15) is 0 Å². The number of nitrogens with zero attached hydrogens (tertiary/aromatic N) is 1. The Bertz CT molecular complexity index is 381. The molecule has 1 aromatic rings. The van der Waals surface area contributed by atoms with Crippen LogP contribution in [0.1, 0.15) is 31.4 Å². The Morgan fingerprint density at radius 2 is 2.12 bits per heavy atom. The third-order valence-corrected chi connectivity index (χ3v) is 4.08. The van der Waals surface area contributed by atoms with Gasteiger partial charge in [0.05, 0.1) is 12.1 Å². The number of fused-ring (bicyclic) bond motifs is 2. The fraction of sp³-hybridized carbons (Fsp3) is 0.571. The van der Waals surface area contributed by atoms with Gasteiger partial charge in [-0.2, -0.15) is 0 Å². The van der Waals surface area contributed by atoms with Crippen molar-refractivity contribution in [1.29, 1.82) is 0 Å². The number of benzene rings is 1. The molecule has 2 bridgehead atoms. The van der Waals surface area contributed by atoms with Crippen LogP contribution in [0.4, 0.5) is 0 Å². The topological polar surface area (TPSA) is 32.7 Å². The van der Waals surface area contributed by atoms with Crippen molar-refractivity contribution in [1.82, 2.24) is 4.90 Å². The summed E-state index contributed by atoms with van der Waals surface area (Å²) in [5, 5.41) is 9.90. The van der Waals surface area contributed by atoms with E-state index in [1.807, 2.05) is 6.07 Å². The lowest BCUT2D eigenvalue weighted by molar-refractivity contribution is -0.103. The third kappa shape index (κ3) is 1.99. The largest absolute Gasteiger partial charge is 0.367 e. The van der Waals surface area contributed by atoms with Crippen molar-refractivity contribution in [2.24, 2.45) is 0 Å². The summed E-state index contributed by atoms with van der Waals surface area (Å²) in [5.74, 6) is 0. The summed E-state index contributed by atoms with van der Waals surface area (Å²) >= 11 is 0. The van der Waals surface area contributed by atoms with Crippen LogP contribution in [-0.4, -0.2) is 35.0 Å². The minimum atomic E-state index is -0.603. The average molecular weight is 233 g/mol. The Kier molecular flexibility index (Phi) is 2.90. The molecule has 0 saturated carbocycles. The molecule has 4 atom stereocenters. The van der Waals surface area contributed by atoms with Crippen molar-refractivity contribution in [3.05, 3.63) is 35.9 Å². The maximum Gasteiger partial charge on any atom is 0.170 e. The predicted octanol–water partition coefficient (Wildman–Crippen LogP) is 1.93. The van der Waals surface area contributed by atoms with E-state index in [0.29, 0.717) is 6.04 Å². The smallest absolute Gasteiger partial charge is 0.170 e. The first-order valence-electron chi connectivity index (χ1n) is 6.40. The van der Waals surface area contributed by atoms with Crippen molar-refractivity contribution in [2.75, 3.05) is 6.54 Å². The lowest BCUT2D eigenvalue weighted by Crippen LogP contribution is -2.44. The van der Waals surface area contributed by atoms with Crippen molar-refractivity contribution in [2.45, 2.75) is 44.2 Å². The summed E-state index contributed by atoms with van der Waals surface area (Å²) in [6, 6.07) is 11.0. The van der Waals surface area contributed by atoms with E-state index >= 15 is 0 Å². The Balaban J connectivity index is 1.80. The normalized spacial score (nSPS) is 34.8. The molecule has 2 fully saturated rings. The van der Waals surface area contributed by atoms with Crippen LogP contribution >= 0.6 is 0 Å². The molecule has 2 saturated heterocycles. The highest BCUT2D eigenvalue weighted by atomic mass is 16.6. The molecule has 2 aliphatic rings. The lowest BCUT2D eigenvalue weighted by Gasteiger charge is -2.37. The molecule has 0 aliphatic carbocycles. The van der Waals surface area contributed by atoms with Crippen molar-refractivity contribution in [3.8, 4) is 0 Å². The second-order valence-electron chi connectivity index (χ2n) is 5.06. The van der Waals surface area contributed by atoms with Crippen LogP contribution in [0.15, 0.2) is 30.3 Å². The number of hydrogen-bond acceptors (Lipinski definition) is 3. The number of aliphatic hydroxyl groups is 1.